The lowest BCUT2D eigenvalue weighted by molar-refractivity contribution is 0.0600. The zero-order chi connectivity index (χ0) is 23.4. The lowest BCUT2D eigenvalue weighted by Crippen LogP contribution is -2.20. The fourth-order valence-electron chi connectivity index (χ4n) is 3.36. The van der Waals surface area contributed by atoms with E-state index >= 15 is 0 Å². The molecule has 33 heavy (non-hydrogen) atoms. The summed E-state index contributed by atoms with van der Waals surface area (Å²) in [5.74, 6) is 6.20. The summed E-state index contributed by atoms with van der Waals surface area (Å²) in [5.41, 5.74) is 2.72. The van der Waals surface area contributed by atoms with Crippen LogP contribution in [0.2, 0.25) is 0 Å². The molecule has 168 valence electrons. The van der Waals surface area contributed by atoms with Crippen molar-refractivity contribution >= 4 is 21.7 Å². The maximum Gasteiger partial charge on any atom is 0.338 e. The zero-order valence-corrected chi connectivity index (χ0v) is 18.9. The molecule has 0 radical (unpaired) electrons. The second kappa shape index (κ2) is 9.27. The first-order valence-electron chi connectivity index (χ1n) is 10.1. The van der Waals surface area contributed by atoms with Gasteiger partial charge in [-0.25, -0.2) is 13.2 Å². The Morgan fingerprint density at radius 2 is 1.79 bits per heavy atom. The van der Waals surface area contributed by atoms with E-state index in [0.29, 0.717) is 34.7 Å². The molecule has 0 aliphatic carbocycles. The number of carbonyl (C=O) groups excluding carboxylic acids is 1. The van der Waals surface area contributed by atoms with Gasteiger partial charge in [0.2, 0.25) is 0 Å². The molecule has 3 aromatic carbocycles. The molecule has 0 spiro atoms. The summed E-state index contributed by atoms with van der Waals surface area (Å²) in [6, 6.07) is 16.7. The van der Waals surface area contributed by atoms with Crippen molar-refractivity contribution in [3.63, 3.8) is 0 Å². The third kappa shape index (κ3) is 4.78. The normalized spacial score (nSPS) is 12.3. The Morgan fingerprint density at radius 1 is 1.00 bits per heavy atom. The molecule has 1 heterocycles. The van der Waals surface area contributed by atoms with Gasteiger partial charge in [0.15, 0.2) is 11.5 Å². The van der Waals surface area contributed by atoms with Crippen LogP contribution in [0.15, 0.2) is 65.6 Å². The van der Waals surface area contributed by atoms with Gasteiger partial charge < -0.3 is 14.2 Å². The molecule has 7 nitrogen and oxygen atoms in total. The minimum absolute atomic E-state index is 0.00325. The van der Waals surface area contributed by atoms with Crippen molar-refractivity contribution in [2.24, 2.45) is 0 Å². The van der Waals surface area contributed by atoms with Gasteiger partial charge in [-0.05, 0) is 55.0 Å². The highest BCUT2D eigenvalue weighted by molar-refractivity contribution is 7.92. The van der Waals surface area contributed by atoms with Gasteiger partial charge in [0, 0.05) is 11.1 Å². The topological polar surface area (TPSA) is 90.9 Å². The van der Waals surface area contributed by atoms with Crippen LogP contribution >= 0.6 is 0 Å². The highest BCUT2D eigenvalue weighted by atomic mass is 32.2. The van der Waals surface area contributed by atoms with E-state index < -0.39 is 16.0 Å². The number of rotatable bonds is 4. The Bertz CT molecular complexity index is 1390. The summed E-state index contributed by atoms with van der Waals surface area (Å²) in [5, 5.41) is 0. The summed E-state index contributed by atoms with van der Waals surface area (Å²) in [4.78, 5) is 11.8. The minimum atomic E-state index is -3.96. The number of sulfonamides is 1. The molecule has 0 saturated heterocycles. The molecule has 0 unspecified atom stereocenters. The van der Waals surface area contributed by atoms with Gasteiger partial charge in [0.25, 0.3) is 10.0 Å². The van der Waals surface area contributed by atoms with Crippen LogP contribution in [0.25, 0.3) is 0 Å². The van der Waals surface area contributed by atoms with Gasteiger partial charge in [-0.15, -0.1) is 0 Å². The van der Waals surface area contributed by atoms with Crippen LogP contribution in [0, 0.1) is 18.8 Å². The molecule has 0 fully saturated rings. The fourth-order valence-corrected chi connectivity index (χ4v) is 4.60. The molecule has 0 atom stereocenters. The lowest BCUT2D eigenvalue weighted by Gasteiger charge is -2.21. The third-order valence-corrected chi connectivity index (χ3v) is 6.35. The van der Waals surface area contributed by atoms with Gasteiger partial charge in [-0.3, -0.25) is 4.72 Å². The number of aryl methyl sites for hydroxylation is 1. The Balaban J connectivity index is 1.64. The number of nitrogens with one attached hydrogen (secondary N) is 1. The van der Waals surface area contributed by atoms with Crippen LogP contribution < -0.4 is 14.2 Å². The smallest absolute Gasteiger partial charge is 0.338 e. The summed E-state index contributed by atoms with van der Waals surface area (Å²) in [6.07, 6.45) is 0. The van der Waals surface area contributed by atoms with E-state index in [0.717, 1.165) is 5.56 Å². The van der Waals surface area contributed by atoms with Crippen LogP contribution in [0.5, 0.6) is 11.5 Å². The van der Waals surface area contributed by atoms with E-state index in [1.54, 1.807) is 61.5 Å². The molecule has 0 saturated carbocycles. The first-order chi connectivity index (χ1) is 15.9. The first kappa shape index (κ1) is 22.2. The number of carbonyl (C=O) groups is 1. The van der Waals surface area contributed by atoms with Gasteiger partial charge in [-0.2, -0.15) is 0 Å². The summed E-state index contributed by atoms with van der Waals surface area (Å²) < 4.78 is 44.7. The molecule has 0 amide bonds. The van der Waals surface area contributed by atoms with Crippen LogP contribution in [0.1, 0.15) is 27.0 Å². The maximum atomic E-state index is 13.1. The third-order valence-electron chi connectivity index (χ3n) is 4.96. The standard InChI is InChI=1S/C25H21NO6S/c1-17-16-18(11-13-20(17)25(27)30-2)10-12-19-6-3-4-7-21(19)26-33(28,29)23-9-5-8-22-24(23)32-15-14-31-22/h3-9,11,13,16,26H,14-15H2,1-2H3. The number of para-hydroxylation sites is 2. The molecule has 0 bridgehead atoms. The Kier molecular flexibility index (Phi) is 6.24. The monoisotopic (exact) mass is 463 g/mol. The van der Waals surface area contributed by atoms with E-state index in [-0.39, 0.29) is 17.3 Å². The largest absolute Gasteiger partial charge is 0.486 e. The van der Waals surface area contributed by atoms with Gasteiger partial charge in [0.05, 0.1) is 18.4 Å². The minimum Gasteiger partial charge on any atom is -0.486 e. The van der Waals surface area contributed by atoms with Crippen molar-refractivity contribution < 1.29 is 27.4 Å². The second-order valence-electron chi connectivity index (χ2n) is 7.20. The van der Waals surface area contributed by atoms with Crippen molar-refractivity contribution in [2.45, 2.75) is 11.8 Å². The van der Waals surface area contributed by atoms with E-state index in [9.17, 15) is 13.2 Å². The van der Waals surface area contributed by atoms with E-state index in [1.165, 1.54) is 13.2 Å². The number of ether oxygens (including phenoxy) is 3. The van der Waals surface area contributed by atoms with Crippen molar-refractivity contribution in [1.82, 2.24) is 0 Å². The number of benzene rings is 3. The molecule has 8 heteroatoms. The second-order valence-corrected chi connectivity index (χ2v) is 8.85. The van der Waals surface area contributed by atoms with Crippen LogP contribution in [-0.2, 0) is 14.8 Å². The SMILES string of the molecule is COC(=O)c1ccc(C#Cc2ccccc2NS(=O)(=O)c2cccc3c2OCCO3)cc1C. The highest BCUT2D eigenvalue weighted by Crippen LogP contribution is 2.37. The van der Waals surface area contributed by atoms with Crippen molar-refractivity contribution in [2.75, 3.05) is 25.0 Å². The van der Waals surface area contributed by atoms with E-state index in [2.05, 4.69) is 16.6 Å². The predicted octanol–water partition coefficient (Wildman–Crippen LogP) is 3.75. The first-order valence-corrected chi connectivity index (χ1v) is 11.6. The van der Waals surface area contributed by atoms with Gasteiger partial charge >= 0.3 is 5.97 Å². The molecule has 3 aromatic rings. The number of esters is 1. The number of fused-ring (bicyclic) bond motifs is 1. The van der Waals surface area contributed by atoms with Crippen LogP contribution in [-0.4, -0.2) is 34.7 Å². The Hall–Kier alpha value is -3.96. The number of hydrogen-bond donors (Lipinski definition) is 1. The maximum absolute atomic E-state index is 13.1. The summed E-state index contributed by atoms with van der Waals surface area (Å²) >= 11 is 0. The summed E-state index contributed by atoms with van der Waals surface area (Å²) in [6.45, 7) is 2.43. The lowest BCUT2D eigenvalue weighted by atomic mass is 10.0. The van der Waals surface area contributed by atoms with E-state index in [1.807, 2.05) is 0 Å². The number of methoxy groups -OCH3 is 1. The number of anilines is 1. The fraction of sp³-hybridized carbons (Fsp3) is 0.160. The van der Waals surface area contributed by atoms with Gasteiger partial charge in [-0.1, -0.05) is 30.0 Å². The predicted molar refractivity (Wildman–Crippen MR) is 123 cm³/mol. The Labute approximate surface area is 192 Å². The molecule has 1 N–H and O–H groups in total. The average Bonchev–Trinajstić information content (AvgIpc) is 2.82. The van der Waals surface area contributed by atoms with Crippen LogP contribution in [0.3, 0.4) is 0 Å². The number of hydrogen-bond acceptors (Lipinski definition) is 6. The average molecular weight is 464 g/mol. The van der Waals surface area contributed by atoms with Crippen molar-refractivity contribution in [3.8, 4) is 23.3 Å². The quantitative estimate of drug-likeness (QED) is 0.468. The molecular formula is C25H21NO6S. The van der Waals surface area contributed by atoms with E-state index in [4.69, 9.17) is 14.2 Å². The molecule has 1 aliphatic heterocycles. The molecular weight excluding hydrogens is 442 g/mol. The molecule has 4 rings (SSSR count). The van der Waals surface area contributed by atoms with Crippen molar-refractivity contribution in [3.05, 3.63) is 82.9 Å². The zero-order valence-electron chi connectivity index (χ0n) is 18.0. The Morgan fingerprint density at radius 3 is 2.58 bits per heavy atom. The van der Waals surface area contributed by atoms with Crippen LogP contribution in [0.4, 0.5) is 5.69 Å². The summed E-state index contributed by atoms with van der Waals surface area (Å²) in [7, 11) is -2.63. The van der Waals surface area contributed by atoms with Crippen molar-refractivity contribution in [1.29, 1.82) is 0 Å². The molecule has 0 aromatic heterocycles. The molecule has 1 aliphatic rings. The van der Waals surface area contributed by atoms with Gasteiger partial charge in [0.1, 0.15) is 18.1 Å². The highest BCUT2D eigenvalue weighted by Gasteiger charge is 2.25.